The first-order valence-corrected chi connectivity index (χ1v) is 0.224. The normalized spacial score (nSPS) is 0.500. The summed E-state index contributed by atoms with van der Waals surface area (Å²) in [5.41, 5.74) is 0. The third-order valence-corrected chi connectivity index (χ3v) is 0. The van der Waals surface area contributed by atoms with Crippen LogP contribution in [0.1, 0.15) is 0 Å². The van der Waals surface area contributed by atoms with Crippen molar-refractivity contribution in [3.63, 3.8) is 0 Å². The molecule has 1 radical (unpaired) electrons. The number of rotatable bonds is 0. The Morgan fingerprint density at radius 3 is 1.25 bits per heavy atom. The minimum atomic E-state index is 0. The van der Waals surface area contributed by atoms with Gasteiger partial charge in [-0.05, 0) is 0 Å². The summed E-state index contributed by atoms with van der Waals surface area (Å²) in [6, 6.07) is 0. The third-order valence-electron chi connectivity index (χ3n) is 0. The van der Waals surface area contributed by atoms with E-state index in [0.29, 0.717) is 0 Å². The van der Waals surface area contributed by atoms with Gasteiger partial charge in [0.15, 0.2) is 0 Å². The fourth-order valence-electron chi connectivity index (χ4n) is 0. The van der Waals surface area contributed by atoms with Crippen LogP contribution in [0.15, 0.2) is 0 Å². The van der Waals surface area contributed by atoms with Crippen molar-refractivity contribution in [3.8, 4) is 0 Å². The molecule has 0 aliphatic heterocycles. The molecule has 0 atom stereocenters. The van der Waals surface area contributed by atoms with Gasteiger partial charge in [-0.15, -0.1) is 0 Å². The molecule has 0 aromatic carbocycles. The first-order valence-electron chi connectivity index (χ1n) is 0.224. The summed E-state index contributed by atoms with van der Waals surface area (Å²) in [4.78, 5) is 0. The molecule has 1 nitrogen and oxygen atoms in total. The Bertz CT molecular complexity index is 12.8. The maximum atomic E-state index is 6.25. The van der Waals surface area contributed by atoms with Gasteiger partial charge in [-0.2, -0.15) is 0 Å². The van der Waals surface area contributed by atoms with Gasteiger partial charge < -0.3 is 11.8 Å². The molecule has 0 aliphatic carbocycles. The maximum Gasteiger partial charge on any atom is 2.00 e. The Kier molecular flexibility index (Phi) is 299. The van der Waals surface area contributed by atoms with Crippen molar-refractivity contribution in [1.29, 1.82) is 5.26 Å². The minimum Gasteiger partial charge on any atom is -0.512 e. The molecular weight excluding hydrogens is 136 g/mol. The predicted molar refractivity (Wildman–Crippen MR) is 4.97 cm³/mol. The van der Waals surface area contributed by atoms with Crippen LogP contribution in [0.5, 0.6) is 0 Å². The fraction of sp³-hybridized carbons (Fsp3) is 0. The van der Waals surface area contributed by atoms with Crippen LogP contribution >= 0.6 is 0 Å². The van der Waals surface area contributed by atoms with Crippen LogP contribution in [0.2, 0.25) is 0 Å². The van der Waals surface area contributed by atoms with Crippen molar-refractivity contribution in [3.05, 3.63) is 6.57 Å². The summed E-state index contributed by atoms with van der Waals surface area (Å²) >= 11 is 0. The first kappa shape index (κ1) is 22.2. The van der Waals surface area contributed by atoms with Crippen molar-refractivity contribution < 1.29 is 38.3 Å². The third kappa shape index (κ3) is 15.7. The van der Waals surface area contributed by atoms with E-state index >= 15 is 0 Å². The molecule has 0 saturated carbocycles. The van der Waals surface area contributed by atoms with E-state index in [0.717, 1.165) is 0 Å². The van der Waals surface area contributed by atoms with Gasteiger partial charge in [0, 0.05) is 0 Å². The second-order valence-electron chi connectivity index (χ2n) is 0. The Labute approximate surface area is 50.3 Å². The topological polar surface area (TPSA) is 23.8 Å². The van der Waals surface area contributed by atoms with E-state index < -0.39 is 0 Å². The molecule has 3 heteroatoms. The van der Waals surface area contributed by atoms with Crippen molar-refractivity contribution in [2.75, 3.05) is 0 Å². The zero-order valence-electron chi connectivity index (χ0n) is 2.28. The first-order chi connectivity index (χ1) is 1.00. The molecule has 0 rings (SSSR count). The van der Waals surface area contributed by atoms with Crippen molar-refractivity contribution in [2.24, 2.45) is 0 Å². The maximum absolute atomic E-state index is 6.25. The van der Waals surface area contributed by atoms with E-state index in [-0.39, 0.29) is 38.3 Å². The largest absolute Gasteiger partial charge is 2.00 e. The van der Waals surface area contributed by atoms with Gasteiger partial charge in [-0.1, -0.05) is 0 Å². The van der Waals surface area contributed by atoms with Gasteiger partial charge in [-0.25, -0.2) is 0 Å². The van der Waals surface area contributed by atoms with Crippen molar-refractivity contribution in [2.45, 2.75) is 0 Å². The van der Waals surface area contributed by atoms with E-state index in [2.05, 4.69) is 0 Å². The zero-order chi connectivity index (χ0) is 2.00. The molecule has 0 fully saturated rings. The summed E-state index contributed by atoms with van der Waals surface area (Å²) in [6.45, 7) is 4.75. The van der Waals surface area contributed by atoms with Crippen LogP contribution in [0.25, 0.3) is 0 Å². The van der Waals surface area contributed by atoms with Crippen LogP contribution < -0.4 is 18.9 Å². The zero-order valence-corrected chi connectivity index (χ0v) is 3.92. The molecule has 0 aromatic rings. The summed E-state index contributed by atoms with van der Waals surface area (Å²) in [5.74, 6) is 0. The molecular formula is CLiNRh+2. The fourth-order valence-corrected chi connectivity index (χ4v) is 0. The molecule has 0 saturated heterocycles. The quantitative estimate of drug-likeness (QED) is 0.259. The van der Waals surface area contributed by atoms with Gasteiger partial charge in [0.2, 0.25) is 0 Å². The monoisotopic (exact) mass is 136 g/mol. The Morgan fingerprint density at radius 2 is 1.25 bits per heavy atom. The van der Waals surface area contributed by atoms with Crippen molar-refractivity contribution in [1.82, 2.24) is 0 Å². The van der Waals surface area contributed by atoms with Gasteiger partial charge >= 0.3 is 38.3 Å². The van der Waals surface area contributed by atoms with Crippen LogP contribution in [-0.4, -0.2) is 0 Å². The summed E-state index contributed by atoms with van der Waals surface area (Å²) in [7, 11) is 0. The van der Waals surface area contributed by atoms with E-state index in [1.54, 1.807) is 0 Å². The molecule has 0 unspecified atom stereocenters. The molecule has 0 amide bonds. The number of hydrogen-bond donors (Lipinski definition) is 0. The molecule has 0 aliphatic rings. The van der Waals surface area contributed by atoms with Gasteiger partial charge in [0.1, 0.15) is 0 Å². The summed E-state index contributed by atoms with van der Waals surface area (Å²) in [5, 5.41) is 6.25. The Morgan fingerprint density at radius 1 is 1.25 bits per heavy atom. The van der Waals surface area contributed by atoms with Crippen LogP contribution in [-0.2, 0) is 19.5 Å². The van der Waals surface area contributed by atoms with E-state index in [1.807, 2.05) is 0 Å². The number of hydrogen-bond acceptors (Lipinski definition) is 1. The second kappa shape index (κ2) is 54.0. The average molecular weight is 136 g/mol. The average Bonchev–Trinajstić information content (AvgIpc) is 1.00. The van der Waals surface area contributed by atoms with E-state index in [1.165, 1.54) is 0 Å². The van der Waals surface area contributed by atoms with Gasteiger partial charge in [0.05, 0.1) is 0 Å². The van der Waals surface area contributed by atoms with E-state index in [9.17, 15) is 0 Å². The Balaban J connectivity index is -0.00000000500. The van der Waals surface area contributed by atoms with Gasteiger partial charge in [-0.3, -0.25) is 0 Å². The van der Waals surface area contributed by atoms with Crippen molar-refractivity contribution >= 4 is 0 Å². The summed E-state index contributed by atoms with van der Waals surface area (Å²) < 4.78 is 0. The second-order valence-corrected chi connectivity index (χ2v) is 0. The molecule has 0 heterocycles. The summed E-state index contributed by atoms with van der Waals surface area (Å²) in [6.07, 6.45) is 0. The predicted octanol–water partition coefficient (Wildman–Crippen LogP) is -2.90. The molecule has 0 N–H and O–H groups in total. The van der Waals surface area contributed by atoms with Gasteiger partial charge in [0.25, 0.3) is 0 Å². The van der Waals surface area contributed by atoms with Crippen LogP contribution in [0.4, 0.5) is 0 Å². The van der Waals surface area contributed by atoms with Crippen LogP contribution in [0, 0.1) is 11.8 Å². The Hall–Kier alpha value is 0.711. The SMILES string of the molecule is [C-]#N.[Li+].[Rh+2]. The molecule has 4 heavy (non-hydrogen) atoms. The minimum absolute atomic E-state index is 0. The smallest absolute Gasteiger partial charge is 0.512 e. The van der Waals surface area contributed by atoms with Crippen LogP contribution in [0.3, 0.4) is 0 Å². The molecule has 17 valence electrons. The molecule has 0 spiro atoms. The standard InChI is InChI=1S/CN.Li.Rh/c1-2;;/q-1;+1;+2. The van der Waals surface area contributed by atoms with E-state index in [4.69, 9.17) is 11.8 Å². The number of nitrogens with zero attached hydrogens (tertiary/aromatic N) is 1. The molecule has 0 bridgehead atoms. The molecule has 0 aromatic heterocycles.